The number of anilines is 1. The smallest absolute Gasteiger partial charge is 0.355 e. The number of nitrogens with zero attached hydrogens (tertiary/aromatic N) is 2. The molecule has 13 heavy (non-hydrogen) atoms. The summed E-state index contributed by atoms with van der Waals surface area (Å²) in [6.45, 7) is 0. The Hall–Kier alpha value is -1.30. The average Bonchev–Trinajstić information content (AvgIpc) is 2.49. The molecule has 1 aromatic heterocycles. The van der Waals surface area contributed by atoms with Gasteiger partial charge in [-0.3, -0.25) is 0 Å². The van der Waals surface area contributed by atoms with Gasteiger partial charge in [-0.2, -0.15) is 0 Å². The minimum Gasteiger partial charge on any atom is -0.476 e. The van der Waals surface area contributed by atoms with Crippen LogP contribution in [0.3, 0.4) is 0 Å². The number of aryl methyl sites for hydroxylation is 1. The summed E-state index contributed by atoms with van der Waals surface area (Å²) < 4.78 is 0. The molecule has 6 heteroatoms. The summed E-state index contributed by atoms with van der Waals surface area (Å²) in [5, 5.41) is 8.81. The van der Waals surface area contributed by atoms with E-state index in [2.05, 4.69) is 9.97 Å². The maximum atomic E-state index is 10.8. The number of nitrogen functional groups attached to an aromatic ring is 1. The number of carbonyl (C=O) groups is 1. The van der Waals surface area contributed by atoms with Crippen LogP contribution in [0.4, 0.5) is 5.95 Å². The van der Waals surface area contributed by atoms with Crippen molar-refractivity contribution in [2.24, 2.45) is 0 Å². The summed E-state index contributed by atoms with van der Waals surface area (Å²) in [4.78, 5) is 19.1. The molecule has 0 aliphatic carbocycles. The number of nitrogens with two attached hydrogens (primary N) is 1. The summed E-state index contributed by atoms with van der Waals surface area (Å²) in [6, 6.07) is 0. The molecule has 2 rings (SSSR count). The Kier molecular flexibility index (Phi) is 1.84. The minimum atomic E-state index is -1.04. The van der Waals surface area contributed by atoms with Crippen LogP contribution in [0.5, 0.6) is 0 Å². The van der Waals surface area contributed by atoms with Crippen molar-refractivity contribution in [3.63, 3.8) is 0 Å². The van der Waals surface area contributed by atoms with Crippen molar-refractivity contribution in [2.75, 3.05) is 11.5 Å². The molecule has 68 valence electrons. The molecule has 0 bridgehead atoms. The van der Waals surface area contributed by atoms with Crippen LogP contribution in [0.2, 0.25) is 0 Å². The van der Waals surface area contributed by atoms with Gasteiger partial charge < -0.3 is 10.8 Å². The maximum absolute atomic E-state index is 10.8. The van der Waals surface area contributed by atoms with Crippen LogP contribution >= 0.6 is 11.8 Å². The van der Waals surface area contributed by atoms with E-state index in [1.807, 2.05) is 0 Å². The monoisotopic (exact) mass is 197 g/mol. The fraction of sp³-hybridized carbons (Fsp3) is 0.286. The lowest BCUT2D eigenvalue weighted by molar-refractivity contribution is 0.0686. The van der Waals surface area contributed by atoms with Gasteiger partial charge in [-0.05, 0) is 0 Å². The van der Waals surface area contributed by atoms with E-state index in [0.717, 1.165) is 17.9 Å². The van der Waals surface area contributed by atoms with Crippen molar-refractivity contribution in [1.29, 1.82) is 0 Å². The quantitative estimate of drug-likeness (QED) is 0.677. The number of rotatable bonds is 1. The SMILES string of the molecule is Nc1nc2c(c(C(=O)O)n1)SCC2. The number of aromatic carboxylic acids is 1. The molecular formula is C7H7N3O2S. The second kappa shape index (κ2) is 2.88. The Bertz CT molecular complexity index is 380. The normalized spacial score (nSPS) is 14.2. The second-order valence-corrected chi connectivity index (χ2v) is 3.72. The second-order valence-electron chi connectivity index (χ2n) is 2.61. The van der Waals surface area contributed by atoms with E-state index >= 15 is 0 Å². The number of hydrogen-bond donors (Lipinski definition) is 2. The van der Waals surface area contributed by atoms with E-state index < -0.39 is 5.97 Å². The number of aromatic nitrogens is 2. The first-order chi connectivity index (χ1) is 6.18. The van der Waals surface area contributed by atoms with Crippen molar-refractivity contribution >= 4 is 23.7 Å². The zero-order valence-corrected chi connectivity index (χ0v) is 7.47. The number of hydrogen-bond acceptors (Lipinski definition) is 5. The van der Waals surface area contributed by atoms with Gasteiger partial charge in [0.15, 0.2) is 5.69 Å². The van der Waals surface area contributed by atoms with Gasteiger partial charge in [0.25, 0.3) is 0 Å². The highest BCUT2D eigenvalue weighted by molar-refractivity contribution is 7.99. The summed E-state index contributed by atoms with van der Waals surface area (Å²) in [5.74, 6) is -0.147. The van der Waals surface area contributed by atoms with Gasteiger partial charge in [-0.15, -0.1) is 11.8 Å². The van der Waals surface area contributed by atoms with E-state index in [9.17, 15) is 4.79 Å². The molecule has 1 aliphatic heterocycles. The molecule has 0 saturated carbocycles. The summed E-state index contributed by atoms with van der Waals surface area (Å²) in [5.41, 5.74) is 6.17. The molecule has 2 heterocycles. The molecule has 3 N–H and O–H groups in total. The molecule has 0 aromatic carbocycles. The van der Waals surface area contributed by atoms with Gasteiger partial charge in [0.2, 0.25) is 5.95 Å². The van der Waals surface area contributed by atoms with Crippen LogP contribution in [0.25, 0.3) is 0 Å². The molecule has 5 nitrogen and oxygen atoms in total. The van der Waals surface area contributed by atoms with Crippen LogP contribution < -0.4 is 5.73 Å². The van der Waals surface area contributed by atoms with E-state index in [1.54, 1.807) is 0 Å². The fourth-order valence-corrected chi connectivity index (χ4v) is 2.32. The van der Waals surface area contributed by atoms with Gasteiger partial charge in [-0.25, -0.2) is 14.8 Å². The van der Waals surface area contributed by atoms with Gasteiger partial charge >= 0.3 is 5.97 Å². The van der Waals surface area contributed by atoms with Crippen molar-refractivity contribution in [2.45, 2.75) is 11.3 Å². The number of fused-ring (bicyclic) bond motifs is 1. The largest absolute Gasteiger partial charge is 0.476 e. The lowest BCUT2D eigenvalue weighted by atomic mass is 10.3. The average molecular weight is 197 g/mol. The molecule has 1 aliphatic rings. The Morgan fingerprint density at radius 2 is 2.31 bits per heavy atom. The van der Waals surface area contributed by atoms with E-state index in [1.165, 1.54) is 11.8 Å². The Balaban J connectivity index is 2.62. The summed E-state index contributed by atoms with van der Waals surface area (Å²) in [7, 11) is 0. The lowest BCUT2D eigenvalue weighted by Crippen LogP contribution is -2.08. The molecular weight excluding hydrogens is 190 g/mol. The molecule has 0 saturated heterocycles. The highest BCUT2D eigenvalue weighted by Crippen LogP contribution is 2.32. The van der Waals surface area contributed by atoms with E-state index in [0.29, 0.717) is 4.90 Å². The van der Waals surface area contributed by atoms with E-state index in [-0.39, 0.29) is 11.6 Å². The topological polar surface area (TPSA) is 89.1 Å². The molecule has 0 spiro atoms. The molecule has 0 unspecified atom stereocenters. The molecule has 0 radical (unpaired) electrons. The molecule has 0 atom stereocenters. The Labute approximate surface area is 78.4 Å². The van der Waals surface area contributed by atoms with Gasteiger partial charge in [0, 0.05) is 12.2 Å². The van der Waals surface area contributed by atoms with Crippen molar-refractivity contribution in [1.82, 2.24) is 9.97 Å². The third kappa shape index (κ3) is 1.33. The number of carboxylic acid groups (broad SMARTS) is 1. The number of carboxylic acids is 1. The standard InChI is InChI=1S/C7H7N3O2S/c8-7-9-3-1-2-13-5(3)4(10-7)6(11)12/h1-2H2,(H,11,12)(H2,8,9,10). The molecule has 0 amide bonds. The van der Waals surface area contributed by atoms with Gasteiger partial charge in [-0.1, -0.05) is 0 Å². The van der Waals surface area contributed by atoms with Gasteiger partial charge in [0.1, 0.15) is 0 Å². The summed E-state index contributed by atoms with van der Waals surface area (Å²) in [6.07, 6.45) is 0.771. The van der Waals surface area contributed by atoms with Crippen LogP contribution in [0.15, 0.2) is 4.90 Å². The predicted octanol–water partition coefficient (Wildman–Crippen LogP) is 0.405. The number of thioether (sulfide) groups is 1. The maximum Gasteiger partial charge on any atom is 0.355 e. The fourth-order valence-electron chi connectivity index (χ4n) is 1.23. The van der Waals surface area contributed by atoms with Crippen LogP contribution in [-0.2, 0) is 6.42 Å². The third-order valence-electron chi connectivity index (χ3n) is 1.74. The first kappa shape index (κ1) is 8.31. The minimum absolute atomic E-state index is 0.0324. The predicted molar refractivity (Wildman–Crippen MR) is 47.8 cm³/mol. The molecule has 0 fully saturated rings. The van der Waals surface area contributed by atoms with Crippen molar-refractivity contribution in [3.8, 4) is 0 Å². The van der Waals surface area contributed by atoms with Crippen LogP contribution in [0.1, 0.15) is 16.2 Å². The Morgan fingerprint density at radius 3 is 3.00 bits per heavy atom. The Morgan fingerprint density at radius 1 is 1.54 bits per heavy atom. The van der Waals surface area contributed by atoms with Crippen LogP contribution in [0, 0.1) is 0 Å². The van der Waals surface area contributed by atoms with Crippen molar-refractivity contribution in [3.05, 3.63) is 11.4 Å². The lowest BCUT2D eigenvalue weighted by Gasteiger charge is -2.02. The zero-order valence-electron chi connectivity index (χ0n) is 6.65. The molecule has 1 aromatic rings. The highest BCUT2D eigenvalue weighted by Gasteiger charge is 2.22. The highest BCUT2D eigenvalue weighted by atomic mass is 32.2. The van der Waals surface area contributed by atoms with E-state index in [4.69, 9.17) is 10.8 Å². The zero-order chi connectivity index (χ0) is 9.42. The summed E-state index contributed by atoms with van der Waals surface area (Å²) >= 11 is 1.47. The first-order valence-corrected chi connectivity index (χ1v) is 4.69. The van der Waals surface area contributed by atoms with Gasteiger partial charge in [0.05, 0.1) is 10.6 Å². The van der Waals surface area contributed by atoms with Crippen molar-refractivity contribution < 1.29 is 9.90 Å². The third-order valence-corrected chi connectivity index (χ3v) is 2.87. The first-order valence-electron chi connectivity index (χ1n) is 3.71. The van der Waals surface area contributed by atoms with Crippen LogP contribution in [-0.4, -0.2) is 26.8 Å².